The molecule has 0 fully saturated rings. The molecule has 0 saturated heterocycles. The first-order valence-corrected chi connectivity index (χ1v) is 11.8. The van der Waals surface area contributed by atoms with Crippen molar-refractivity contribution >= 4 is 34.8 Å². The zero-order valence-corrected chi connectivity index (χ0v) is 19.9. The highest BCUT2D eigenvalue weighted by molar-refractivity contribution is 6.31. The van der Waals surface area contributed by atoms with Crippen LogP contribution in [0.2, 0.25) is 10.0 Å². The molecule has 1 heterocycles. The van der Waals surface area contributed by atoms with Crippen molar-refractivity contribution in [1.82, 2.24) is 0 Å². The number of benzene rings is 4. The molecule has 0 amide bonds. The largest absolute Gasteiger partial charge is 0.507 e. The number of halogens is 2. The van der Waals surface area contributed by atoms with Gasteiger partial charge in [-0.2, -0.15) is 0 Å². The predicted octanol–water partition coefficient (Wildman–Crippen LogP) is 7.30. The van der Waals surface area contributed by atoms with Crippen LogP contribution in [-0.2, 0) is 0 Å². The molecule has 0 aliphatic carbocycles. The van der Waals surface area contributed by atoms with Gasteiger partial charge in [-0.25, -0.2) is 0 Å². The number of aromatic hydroxyl groups is 1. The molecule has 174 valence electrons. The summed E-state index contributed by atoms with van der Waals surface area (Å²) in [6.07, 6.45) is -0.743. The molecule has 1 aliphatic heterocycles. The number of Topliss-reactive ketones (excluding diaryl/α,β-unsaturated/α-hetero) is 2. The van der Waals surface area contributed by atoms with Gasteiger partial charge < -0.3 is 9.84 Å². The Bertz CT molecular complexity index is 1400. The van der Waals surface area contributed by atoms with Crippen LogP contribution in [0.25, 0.3) is 0 Å². The molecular weight excluding hydrogens is 483 g/mol. The Morgan fingerprint density at radius 3 is 2.17 bits per heavy atom. The minimum atomic E-state index is -0.953. The fourth-order valence-electron chi connectivity index (χ4n) is 4.62. The number of phenolic OH excluding ortho intramolecular Hbond substituents is 1. The van der Waals surface area contributed by atoms with Crippen LogP contribution in [0.4, 0.5) is 0 Å². The Morgan fingerprint density at radius 1 is 0.829 bits per heavy atom. The third kappa shape index (κ3) is 4.43. The summed E-state index contributed by atoms with van der Waals surface area (Å²) in [5.41, 5.74) is 1.75. The Balaban J connectivity index is 1.73. The standard InChI is InChI=1S/C29H20Cl2O4/c30-19-11-13-23(32)21(15-19)27(33)25(17-7-3-1-4-8-17)26-28(34)22-16-20(31)12-14-24(22)35-29(26)18-9-5-2-6-10-18/h1-16,25-26,29,32H/t25-,26+,29-/m1/s1. The third-order valence-electron chi connectivity index (χ3n) is 6.24. The van der Waals surface area contributed by atoms with E-state index in [4.69, 9.17) is 27.9 Å². The number of hydrogen-bond donors (Lipinski definition) is 1. The lowest BCUT2D eigenvalue weighted by Crippen LogP contribution is -2.39. The van der Waals surface area contributed by atoms with Crippen LogP contribution in [0.1, 0.15) is 43.9 Å². The summed E-state index contributed by atoms with van der Waals surface area (Å²) in [7, 11) is 0. The number of ether oxygens (including phenoxy) is 1. The molecule has 0 aromatic heterocycles. The Labute approximate surface area is 212 Å². The van der Waals surface area contributed by atoms with Gasteiger partial charge in [0.2, 0.25) is 0 Å². The van der Waals surface area contributed by atoms with E-state index in [2.05, 4.69) is 0 Å². The molecular formula is C29H20Cl2O4. The SMILES string of the molecule is O=C1c2cc(Cl)ccc2O[C@H](c2ccccc2)[C@H]1[C@H](C(=O)c1cc(Cl)ccc1O)c1ccccc1. The Morgan fingerprint density at radius 2 is 1.46 bits per heavy atom. The smallest absolute Gasteiger partial charge is 0.174 e. The van der Waals surface area contributed by atoms with E-state index in [9.17, 15) is 14.7 Å². The van der Waals surface area contributed by atoms with Crippen LogP contribution in [0, 0.1) is 5.92 Å². The molecule has 1 aliphatic rings. The summed E-state index contributed by atoms with van der Waals surface area (Å²) in [5.74, 6) is -2.35. The Hall–Kier alpha value is -3.60. The van der Waals surface area contributed by atoms with Crippen LogP contribution in [0.15, 0.2) is 97.1 Å². The molecule has 35 heavy (non-hydrogen) atoms. The van der Waals surface area contributed by atoms with Gasteiger partial charge in [0, 0.05) is 10.0 Å². The van der Waals surface area contributed by atoms with E-state index in [0.717, 1.165) is 5.56 Å². The number of phenols is 1. The summed E-state index contributed by atoms with van der Waals surface area (Å²) >= 11 is 12.4. The van der Waals surface area contributed by atoms with Gasteiger partial charge in [-0.1, -0.05) is 83.9 Å². The Kier molecular flexibility index (Phi) is 6.33. The minimum Gasteiger partial charge on any atom is -0.507 e. The van der Waals surface area contributed by atoms with Crippen molar-refractivity contribution < 1.29 is 19.4 Å². The second kappa shape index (κ2) is 9.57. The van der Waals surface area contributed by atoms with Gasteiger partial charge in [0.15, 0.2) is 11.6 Å². The van der Waals surface area contributed by atoms with E-state index in [1.54, 1.807) is 30.3 Å². The fourth-order valence-corrected chi connectivity index (χ4v) is 4.97. The van der Waals surface area contributed by atoms with Crippen molar-refractivity contribution in [2.75, 3.05) is 0 Å². The summed E-state index contributed by atoms with van der Waals surface area (Å²) in [4.78, 5) is 28.1. The summed E-state index contributed by atoms with van der Waals surface area (Å²) < 4.78 is 6.38. The fraction of sp³-hybridized carbons (Fsp3) is 0.103. The molecule has 3 atom stereocenters. The lowest BCUT2D eigenvalue weighted by molar-refractivity contribution is 0.0548. The maximum atomic E-state index is 14.1. The van der Waals surface area contributed by atoms with Crippen molar-refractivity contribution in [3.05, 3.63) is 129 Å². The third-order valence-corrected chi connectivity index (χ3v) is 6.71. The molecule has 4 aromatic carbocycles. The highest BCUT2D eigenvalue weighted by atomic mass is 35.5. The molecule has 0 unspecified atom stereocenters. The van der Waals surface area contributed by atoms with Crippen molar-refractivity contribution in [3.8, 4) is 11.5 Å². The van der Waals surface area contributed by atoms with Gasteiger partial charge in [0.1, 0.15) is 17.6 Å². The first-order chi connectivity index (χ1) is 16.9. The van der Waals surface area contributed by atoms with Gasteiger partial charge >= 0.3 is 0 Å². The first kappa shape index (κ1) is 23.2. The lowest BCUT2D eigenvalue weighted by atomic mass is 9.71. The summed E-state index contributed by atoms with van der Waals surface area (Å²) in [6, 6.07) is 27.6. The molecule has 0 saturated carbocycles. The predicted molar refractivity (Wildman–Crippen MR) is 136 cm³/mol. The first-order valence-electron chi connectivity index (χ1n) is 11.1. The van der Waals surface area contributed by atoms with E-state index in [1.165, 1.54) is 18.2 Å². The van der Waals surface area contributed by atoms with Gasteiger partial charge in [-0.05, 0) is 47.5 Å². The normalized spacial score (nSPS) is 17.8. The zero-order chi connectivity index (χ0) is 24.5. The maximum Gasteiger partial charge on any atom is 0.174 e. The zero-order valence-electron chi connectivity index (χ0n) is 18.4. The highest BCUT2D eigenvalue weighted by Crippen LogP contribution is 2.47. The van der Waals surface area contributed by atoms with Crippen molar-refractivity contribution in [2.24, 2.45) is 5.92 Å². The number of carbonyl (C=O) groups excluding carboxylic acids is 2. The number of carbonyl (C=O) groups is 2. The van der Waals surface area contributed by atoms with Crippen LogP contribution in [0.3, 0.4) is 0 Å². The average Bonchev–Trinajstić information content (AvgIpc) is 2.88. The lowest BCUT2D eigenvalue weighted by Gasteiger charge is -2.37. The van der Waals surface area contributed by atoms with E-state index >= 15 is 0 Å². The number of hydrogen-bond acceptors (Lipinski definition) is 4. The monoisotopic (exact) mass is 502 g/mol. The van der Waals surface area contributed by atoms with Gasteiger partial charge in [-0.3, -0.25) is 9.59 Å². The highest BCUT2D eigenvalue weighted by Gasteiger charge is 2.46. The maximum absolute atomic E-state index is 14.1. The van der Waals surface area contributed by atoms with E-state index < -0.39 is 23.7 Å². The van der Waals surface area contributed by atoms with Crippen LogP contribution < -0.4 is 4.74 Å². The van der Waals surface area contributed by atoms with Gasteiger partial charge in [-0.15, -0.1) is 0 Å². The molecule has 6 heteroatoms. The average molecular weight is 503 g/mol. The number of ketones is 2. The minimum absolute atomic E-state index is 0.0443. The summed E-state index contributed by atoms with van der Waals surface area (Å²) in [5, 5.41) is 11.2. The van der Waals surface area contributed by atoms with Crippen molar-refractivity contribution in [3.63, 3.8) is 0 Å². The molecule has 0 bridgehead atoms. The number of fused-ring (bicyclic) bond motifs is 1. The number of rotatable bonds is 5. The second-order valence-corrected chi connectivity index (χ2v) is 9.27. The molecule has 1 N–H and O–H groups in total. The van der Waals surface area contributed by atoms with Crippen LogP contribution >= 0.6 is 23.2 Å². The quantitative estimate of drug-likeness (QED) is 0.291. The topological polar surface area (TPSA) is 63.6 Å². The van der Waals surface area contributed by atoms with Crippen LogP contribution in [0.5, 0.6) is 11.5 Å². The molecule has 4 aromatic rings. The van der Waals surface area contributed by atoms with E-state index in [0.29, 0.717) is 26.9 Å². The molecule has 0 spiro atoms. The molecule has 4 nitrogen and oxygen atoms in total. The molecule has 5 rings (SSSR count). The van der Waals surface area contributed by atoms with Crippen molar-refractivity contribution in [2.45, 2.75) is 12.0 Å². The molecule has 0 radical (unpaired) electrons. The van der Waals surface area contributed by atoms with Gasteiger partial charge in [0.05, 0.1) is 23.0 Å². The van der Waals surface area contributed by atoms with Gasteiger partial charge in [0.25, 0.3) is 0 Å². The van der Waals surface area contributed by atoms with E-state index in [1.807, 2.05) is 48.5 Å². The summed E-state index contributed by atoms with van der Waals surface area (Å²) in [6.45, 7) is 0. The van der Waals surface area contributed by atoms with Crippen LogP contribution in [-0.4, -0.2) is 16.7 Å². The van der Waals surface area contributed by atoms with E-state index in [-0.39, 0.29) is 17.1 Å². The second-order valence-electron chi connectivity index (χ2n) is 8.39. The van der Waals surface area contributed by atoms with Crippen molar-refractivity contribution in [1.29, 1.82) is 0 Å².